The van der Waals surface area contributed by atoms with E-state index in [9.17, 15) is 5.11 Å². The van der Waals surface area contributed by atoms with Gasteiger partial charge in [-0.05, 0) is 19.3 Å². The van der Waals surface area contributed by atoms with Gasteiger partial charge in [0.2, 0.25) is 0 Å². The van der Waals surface area contributed by atoms with E-state index in [-0.39, 0.29) is 12.2 Å². The molecule has 10 heavy (non-hydrogen) atoms. The number of methoxy groups -OCH3 is 1. The molecule has 1 fully saturated rings. The van der Waals surface area contributed by atoms with E-state index in [1.165, 1.54) is 0 Å². The highest BCUT2D eigenvalue weighted by molar-refractivity contribution is 4.76. The molecule has 0 aliphatic heterocycles. The van der Waals surface area contributed by atoms with Gasteiger partial charge in [0, 0.05) is 7.11 Å². The largest absolute Gasteiger partial charge is 0.390 e. The Labute approximate surface area is 60.9 Å². The first-order valence-electron chi connectivity index (χ1n) is 3.63. The molecule has 0 bridgehead atoms. The second kappa shape index (κ2) is 3.91. The molecule has 3 heteroatoms. The van der Waals surface area contributed by atoms with Gasteiger partial charge in [0.1, 0.15) is 6.79 Å². The van der Waals surface area contributed by atoms with Crippen LogP contribution in [0.3, 0.4) is 0 Å². The fraction of sp³-hybridized carbons (Fsp3) is 1.00. The summed E-state index contributed by atoms with van der Waals surface area (Å²) in [5.41, 5.74) is 0. The van der Waals surface area contributed by atoms with Gasteiger partial charge in [-0.15, -0.1) is 0 Å². The first-order valence-corrected chi connectivity index (χ1v) is 3.63. The number of aliphatic hydroxyl groups is 1. The highest BCUT2D eigenvalue weighted by Crippen LogP contribution is 2.21. The number of ether oxygens (including phenoxy) is 2. The quantitative estimate of drug-likeness (QED) is 0.590. The summed E-state index contributed by atoms with van der Waals surface area (Å²) in [7, 11) is 1.58. The van der Waals surface area contributed by atoms with Gasteiger partial charge in [0.25, 0.3) is 0 Å². The third-order valence-electron chi connectivity index (χ3n) is 1.82. The zero-order valence-electron chi connectivity index (χ0n) is 6.25. The molecule has 0 aromatic rings. The summed E-state index contributed by atoms with van der Waals surface area (Å²) in [6, 6.07) is 0. The average Bonchev–Trinajstić information content (AvgIpc) is 2.31. The van der Waals surface area contributed by atoms with Gasteiger partial charge in [0.05, 0.1) is 12.2 Å². The van der Waals surface area contributed by atoms with Gasteiger partial charge in [-0.25, -0.2) is 0 Å². The lowest BCUT2D eigenvalue weighted by atomic mass is 10.3. The van der Waals surface area contributed by atoms with E-state index in [2.05, 4.69) is 0 Å². The van der Waals surface area contributed by atoms with E-state index in [1.807, 2.05) is 0 Å². The Morgan fingerprint density at radius 3 is 2.80 bits per heavy atom. The summed E-state index contributed by atoms with van der Waals surface area (Å²) < 4.78 is 9.91. The van der Waals surface area contributed by atoms with Crippen molar-refractivity contribution in [3.05, 3.63) is 0 Å². The Bertz CT molecular complexity index is 94.9. The fourth-order valence-corrected chi connectivity index (χ4v) is 1.26. The number of hydrogen-bond donors (Lipinski definition) is 1. The Hall–Kier alpha value is -0.120. The van der Waals surface area contributed by atoms with Gasteiger partial charge in [-0.3, -0.25) is 0 Å². The van der Waals surface area contributed by atoms with Crippen molar-refractivity contribution in [3.63, 3.8) is 0 Å². The van der Waals surface area contributed by atoms with Crippen molar-refractivity contribution in [2.45, 2.75) is 31.5 Å². The maximum Gasteiger partial charge on any atom is 0.146 e. The van der Waals surface area contributed by atoms with Crippen LogP contribution in [-0.4, -0.2) is 31.2 Å². The van der Waals surface area contributed by atoms with Crippen molar-refractivity contribution >= 4 is 0 Å². The van der Waals surface area contributed by atoms with E-state index in [0.717, 1.165) is 19.3 Å². The number of rotatable bonds is 3. The second-order valence-electron chi connectivity index (χ2n) is 2.61. The van der Waals surface area contributed by atoms with Crippen molar-refractivity contribution in [1.29, 1.82) is 0 Å². The minimum Gasteiger partial charge on any atom is -0.390 e. The van der Waals surface area contributed by atoms with E-state index in [0.29, 0.717) is 6.79 Å². The minimum atomic E-state index is -0.268. The maximum absolute atomic E-state index is 9.24. The van der Waals surface area contributed by atoms with Gasteiger partial charge < -0.3 is 14.6 Å². The molecule has 0 amide bonds. The molecule has 0 aromatic heterocycles. The smallest absolute Gasteiger partial charge is 0.146 e. The third-order valence-corrected chi connectivity index (χ3v) is 1.82. The lowest BCUT2D eigenvalue weighted by molar-refractivity contribution is -0.101. The first kappa shape index (κ1) is 7.98. The summed E-state index contributed by atoms with van der Waals surface area (Å²) in [6.07, 6.45) is 2.64. The van der Waals surface area contributed by atoms with Gasteiger partial charge in [0.15, 0.2) is 0 Å². The summed E-state index contributed by atoms with van der Waals surface area (Å²) in [5, 5.41) is 9.24. The van der Waals surface area contributed by atoms with Crippen LogP contribution in [0.25, 0.3) is 0 Å². The highest BCUT2D eigenvalue weighted by Gasteiger charge is 2.25. The lowest BCUT2D eigenvalue weighted by Crippen LogP contribution is -2.23. The predicted octanol–water partition coefficient (Wildman–Crippen LogP) is 0.520. The molecule has 0 radical (unpaired) electrons. The van der Waals surface area contributed by atoms with Crippen molar-refractivity contribution in [2.75, 3.05) is 13.9 Å². The van der Waals surface area contributed by atoms with Crippen molar-refractivity contribution in [2.24, 2.45) is 0 Å². The van der Waals surface area contributed by atoms with Crippen LogP contribution in [0.15, 0.2) is 0 Å². The minimum absolute atomic E-state index is 0.0138. The van der Waals surface area contributed by atoms with E-state index in [1.54, 1.807) is 7.11 Å². The van der Waals surface area contributed by atoms with Crippen LogP contribution in [0.4, 0.5) is 0 Å². The molecule has 60 valence electrons. The highest BCUT2D eigenvalue weighted by atomic mass is 16.7. The normalized spacial score (nSPS) is 33.0. The SMILES string of the molecule is COCO[C@@H]1CCC[C@H]1O. The molecule has 0 spiro atoms. The molecule has 0 saturated heterocycles. The molecule has 0 unspecified atom stereocenters. The second-order valence-corrected chi connectivity index (χ2v) is 2.61. The molecule has 1 saturated carbocycles. The Kier molecular flexibility index (Phi) is 3.12. The lowest BCUT2D eigenvalue weighted by Gasteiger charge is -2.13. The van der Waals surface area contributed by atoms with Crippen LogP contribution in [0, 0.1) is 0 Å². The van der Waals surface area contributed by atoms with Crippen LogP contribution in [0.2, 0.25) is 0 Å². The molecule has 1 rings (SSSR count). The summed E-state index contributed by atoms with van der Waals surface area (Å²) in [6.45, 7) is 0.293. The van der Waals surface area contributed by atoms with Crippen LogP contribution < -0.4 is 0 Å². The molecular weight excluding hydrogens is 132 g/mol. The van der Waals surface area contributed by atoms with Crippen molar-refractivity contribution < 1.29 is 14.6 Å². The van der Waals surface area contributed by atoms with Gasteiger partial charge in [-0.1, -0.05) is 0 Å². The summed E-state index contributed by atoms with van der Waals surface area (Å²) in [5.74, 6) is 0. The van der Waals surface area contributed by atoms with E-state index >= 15 is 0 Å². The monoisotopic (exact) mass is 146 g/mol. The molecule has 1 N–H and O–H groups in total. The van der Waals surface area contributed by atoms with Crippen LogP contribution in [0.5, 0.6) is 0 Å². The van der Waals surface area contributed by atoms with E-state index in [4.69, 9.17) is 9.47 Å². The summed E-state index contributed by atoms with van der Waals surface area (Å²) >= 11 is 0. The van der Waals surface area contributed by atoms with Crippen LogP contribution in [-0.2, 0) is 9.47 Å². The van der Waals surface area contributed by atoms with Crippen LogP contribution in [0.1, 0.15) is 19.3 Å². The Morgan fingerprint density at radius 2 is 2.30 bits per heavy atom. The Morgan fingerprint density at radius 1 is 1.50 bits per heavy atom. The number of aliphatic hydroxyl groups excluding tert-OH is 1. The zero-order chi connectivity index (χ0) is 7.40. The van der Waals surface area contributed by atoms with Crippen molar-refractivity contribution in [3.8, 4) is 0 Å². The molecule has 0 heterocycles. The molecule has 0 aromatic carbocycles. The average molecular weight is 146 g/mol. The van der Waals surface area contributed by atoms with Gasteiger partial charge >= 0.3 is 0 Å². The molecule has 1 aliphatic carbocycles. The molecular formula is C7H14O3. The molecule has 2 atom stereocenters. The number of hydrogen-bond acceptors (Lipinski definition) is 3. The molecule has 1 aliphatic rings. The first-order chi connectivity index (χ1) is 4.84. The Balaban J connectivity index is 2.14. The fourth-order valence-electron chi connectivity index (χ4n) is 1.26. The van der Waals surface area contributed by atoms with Crippen LogP contribution >= 0.6 is 0 Å². The van der Waals surface area contributed by atoms with E-state index < -0.39 is 0 Å². The van der Waals surface area contributed by atoms with Gasteiger partial charge in [-0.2, -0.15) is 0 Å². The zero-order valence-corrected chi connectivity index (χ0v) is 6.25. The molecule has 3 nitrogen and oxygen atoms in total. The topological polar surface area (TPSA) is 38.7 Å². The third kappa shape index (κ3) is 1.94. The summed E-state index contributed by atoms with van der Waals surface area (Å²) in [4.78, 5) is 0. The standard InChI is InChI=1S/C7H14O3/c1-9-5-10-7-4-2-3-6(7)8/h6-8H,2-5H2,1H3/t6-,7-/m1/s1. The maximum atomic E-state index is 9.24. The predicted molar refractivity (Wildman–Crippen MR) is 36.6 cm³/mol. The van der Waals surface area contributed by atoms with Crippen molar-refractivity contribution in [1.82, 2.24) is 0 Å².